The maximum absolute atomic E-state index is 13.3. The van der Waals surface area contributed by atoms with Gasteiger partial charge in [0.1, 0.15) is 4.32 Å². The van der Waals surface area contributed by atoms with Gasteiger partial charge < -0.3 is 14.8 Å². The second kappa shape index (κ2) is 9.40. The quantitative estimate of drug-likeness (QED) is 0.313. The molecule has 1 aromatic rings. The fraction of sp³-hybridized carbons (Fsp3) is 0.400. The predicted octanol–water partition coefficient (Wildman–Crippen LogP) is 3.09. The first kappa shape index (κ1) is 22.0. The number of nitrogens with zero attached hydrogens (tertiary/aromatic N) is 2. The van der Waals surface area contributed by atoms with Gasteiger partial charge in [-0.2, -0.15) is 0 Å². The van der Waals surface area contributed by atoms with E-state index in [1.807, 2.05) is 18.2 Å². The van der Waals surface area contributed by atoms with Gasteiger partial charge in [0.15, 0.2) is 0 Å². The number of aliphatic carboxylic acids is 1. The summed E-state index contributed by atoms with van der Waals surface area (Å²) in [6, 6.07) is 5.59. The third-order valence-corrected chi connectivity index (χ3v) is 6.77. The summed E-state index contributed by atoms with van der Waals surface area (Å²) in [7, 11) is 0. The molecule has 3 rings (SSSR count). The van der Waals surface area contributed by atoms with Crippen LogP contribution in [0.4, 0.5) is 5.69 Å². The molecule has 0 aromatic heterocycles. The molecule has 0 unspecified atom stereocenters. The number of hydrogen-bond donors (Lipinski definition) is 0. The van der Waals surface area contributed by atoms with Crippen molar-refractivity contribution in [2.75, 3.05) is 18.0 Å². The highest BCUT2D eigenvalue weighted by Crippen LogP contribution is 2.45. The molecule has 2 aliphatic heterocycles. The van der Waals surface area contributed by atoms with Gasteiger partial charge in [-0.3, -0.25) is 14.5 Å². The highest BCUT2D eigenvalue weighted by Gasteiger charge is 2.41. The number of hydrogen-bond acceptors (Lipinski definition) is 6. The van der Waals surface area contributed by atoms with Crippen LogP contribution < -0.4 is 10.0 Å². The molecular weight excluding hydrogens is 476 g/mol. The molecule has 0 bridgehead atoms. The van der Waals surface area contributed by atoms with Crippen molar-refractivity contribution in [2.24, 2.45) is 0 Å². The van der Waals surface area contributed by atoms with E-state index in [0.717, 1.165) is 47.6 Å². The summed E-state index contributed by atoms with van der Waals surface area (Å²) in [4.78, 5) is 40.2. The molecule has 0 saturated carbocycles. The van der Waals surface area contributed by atoms with Crippen molar-refractivity contribution in [1.29, 1.82) is 0 Å². The van der Waals surface area contributed by atoms with Crippen LogP contribution in [-0.4, -0.2) is 40.1 Å². The number of thioether (sulfide) groups is 1. The first-order valence-corrected chi connectivity index (χ1v) is 11.5. The summed E-state index contributed by atoms with van der Waals surface area (Å²) in [5.74, 6) is -1.89. The third kappa shape index (κ3) is 4.57. The van der Waals surface area contributed by atoms with Gasteiger partial charge in [-0.15, -0.1) is 0 Å². The van der Waals surface area contributed by atoms with Crippen molar-refractivity contribution in [3.63, 3.8) is 0 Å². The molecule has 0 spiro atoms. The van der Waals surface area contributed by atoms with Gasteiger partial charge in [-0.1, -0.05) is 66.1 Å². The van der Waals surface area contributed by atoms with Crippen LogP contribution >= 0.6 is 39.9 Å². The largest absolute Gasteiger partial charge is 0.550 e. The number of benzene rings is 1. The minimum atomic E-state index is -1.25. The summed E-state index contributed by atoms with van der Waals surface area (Å²) in [5.41, 5.74) is 1.81. The van der Waals surface area contributed by atoms with Gasteiger partial charge in [0.05, 0.1) is 16.2 Å². The average molecular weight is 496 g/mol. The molecule has 0 radical (unpaired) electrons. The maximum Gasteiger partial charge on any atom is 0.267 e. The third-order valence-electron chi connectivity index (χ3n) is 4.83. The Kier molecular flexibility index (Phi) is 7.13. The van der Waals surface area contributed by atoms with Gasteiger partial charge in [-0.25, -0.2) is 0 Å². The van der Waals surface area contributed by atoms with Crippen molar-refractivity contribution in [3.8, 4) is 0 Å². The van der Waals surface area contributed by atoms with Crippen LogP contribution in [0.5, 0.6) is 0 Å². The molecule has 1 saturated heterocycles. The molecule has 6 nitrogen and oxygen atoms in total. The molecule has 2 aliphatic rings. The Balaban J connectivity index is 1.95. The van der Waals surface area contributed by atoms with E-state index >= 15 is 0 Å². The second-order valence-electron chi connectivity index (χ2n) is 6.83. The van der Waals surface area contributed by atoms with Gasteiger partial charge in [-0.05, 0) is 24.6 Å². The fourth-order valence-corrected chi connectivity index (χ4v) is 5.13. The first-order chi connectivity index (χ1) is 13.8. The van der Waals surface area contributed by atoms with E-state index in [1.165, 1.54) is 4.90 Å². The minimum Gasteiger partial charge on any atom is -0.550 e. The summed E-state index contributed by atoms with van der Waals surface area (Å²) in [6.07, 6.45) is 3.83. The monoisotopic (exact) mass is 495 g/mol. The van der Waals surface area contributed by atoms with E-state index in [1.54, 1.807) is 4.90 Å². The standard InChI is InChI=1S/C20H21BrN2O4S2/c1-2-3-4-5-9-22-14-7-6-12(21)11-13(14)16(18(22)26)17-19(27)23(20(28)29-17)10-8-15(24)25/h6-7,11H,2-5,8-10H2,1H3,(H,24,25)/p-1/b17-16-. The molecule has 9 heteroatoms. The molecule has 1 fully saturated rings. The number of anilines is 1. The lowest BCUT2D eigenvalue weighted by Gasteiger charge is -2.17. The van der Waals surface area contributed by atoms with Crippen LogP contribution in [0.15, 0.2) is 27.6 Å². The Morgan fingerprint density at radius 2 is 1.90 bits per heavy atom. The van der Waals surface area contributed by atoms with Crippen molar-refractivity contribution in [1.82, 2.24) is 4.90 Å². The lowest BCUT2D eigenvalue weighted by molar-refractivity contribution is -0.305. The second-order valence-corrected chi connectivity index (χ2v) is 9.39. The predicted molar refractivity (Wildman–Crippen MR) is 119 cm³/mol. The van der Waals surface area contributed by atoms with E-state index in [-0.39, 0.29) is 28.1 Å². The summed E-state index contributed by atoms with van der Waals surface area (Å²) in [6.45, 7) is 2.65. The number of carbonyl (C=O) groups excluding carboxylic acids is 3. The van der Waals surface area contributed by atoms with Gasteiger partial charge in [0, 0.05) is 35.5 Å². The number of halogens is 1. The number of amides is 2. The Hall–Kier alpha value is -1.71. The Morgan fingerprint density at radius 3 is 2.59 bits per heavy atom. The minimum absolute atomic E-state index is 0.0654. The highest BCUT2D eigenvalue weighted by molar-refractivity contribution is 9.10. The van der Waals surface area contributed by atoms with Crippen molar-refractivity contribution in [3.05, 3.63) is 33.1 Å². The molecule has 0 atom stereocenters. The number of rotatable bonds is 8. The molecule has 154 valence electrons. The van der Waals surface area contributed by atoms with Gasteiger partial charge in [0.25, 0.3) is 11.8 Å². The number of fused-ring (bicyclic) bond motifs is 1. The smallest absolute Gasteiger partial charge is 0.267 e. The topological polar surface area (TPSA) is 80.8 Å². The van der Waals surface area contributed by atoms with E-state index < -0.39 is 11.9 Å². The summed E-state index contributed by atoms with van der Waals surface area (Å²) < 4.78 is 1.06. The van der Waals surface area contributed by atoms with Crippen molar-refractivity contribution < 1.29 is 19.5 Å². The maximum atomic E-state index is 13.3. The Labute approximate surface area is 187 Å². The summed E-state index contributed by atoms with van der Waals surface area (Å²) >= 11 is 9.75. The van der Waals surface area contributed by atoms with Gasteiger partial charge >= 0.3 is 0 Å². The zero-order valence-electron chi connectivity index (χ0n) is 15.9. The number of unbranched alkanes of at least 4 members (excludes halogenated alkanes) is 3. The van der Waals surface area contributed by atoms with Crippen LogP contribution in [0.3, 0.4) is 0 Å². The Morgan fingerprint density at radius 1 is 1.14 bits per heavy atom. The van der Waals surface area contributed by atoms with E-state index in [9.17, 15) is 19.5 Å². The van der Waals surface area contributed by atoms with Crippen LogP contribution in [0.1, 0.15) is 44.6 Å². The normalized spacial score (nSPS) is 18.8. The summed E-state index contributed by atoms with van der Waals surface area (Å²) in [5, 5.41) is 10.8. The lowest BCUT2D eigenvalue weighted by atomic mass is 10.1. The lowest BCUT2D eigenvalue weighted by Crippen LogP contribution is -2.34. The van der Waals surface area contributed by atoms with Crippen molar-refractivity contribution >= 4 is 73.3 Å². The van der Waals surface area contributed by atoms with Crippen LogP contribution in [0.2, 0.25) is 0 Å². The SMILES string of the molecule is CCCCCCN1C(=O)/C(=C2\SC(=S)N(CCC(=O)[O-])C2=O)c2cc(Br)ccc21. The van der Waals surface area contributed by atoms with Crippen LogP contribution in [0, 0.1) is 0 Å². The molecule has 2 heterocycles. The molecule has 1 aromatic carbocycles. The highest BCUT2D eigenvalue weighted by atomic mass is 79.9. The van der Waals surface area contributed by atoms with Crippen molar-refractivity contribution in [2.45, 2.75) is 39.0 Å². The number of carboxylic acids is 1. The fourth-order valence-electron chi connectivity index (χ4n) is 3.39. The number of carbonyl (C=O) groups is 3. The number of thiocarbonyl (C=S) groups is 1. The molecule has 0 aliphatic carbocycles. The average Bonchev–Trinajstić information content (AvgIpc) is 3.09. The zero-order chi connectivity index (χ0) is 21.1. The van der Waals surface area contributed by atoms with Crippen LogP contribution in [-0.2, 0) is 14.4 Å². The molecule has 29 heavy (non-hydrogen) atoms. The Bertz CT molecular complexity index is 916. The van der Waals surface area contributed by atoms with E-state index in [4.69, 9.17) is 12.2 Å². The first-order valence-electron chi connectivity index (χ1n) is 9.44. The van der Waals surface area contributed by atoms with E-state index in [0.29, 0.717) is 17.7 Å². The van der Waals surface area contributed by atoms with Gasteiger partial charge in [0.2, 0.25) is 0 Å². The molecule has 2 amide bonds. The number of carboxylic acid groups (broad SMARTS) is 1. The molecular formula is C20H20BrN2O4S2-. The van der Waals surface area contributed by atoms with E-state index in [2.05, 4.69) is 22.9 Å². The molecule has 0 N–H and O–H groups in total. The van der Waals surface area contributed by atoms with Crippen LogP contribution in [0.25, 0.3) is 5.57 Å². The zero-order valence-corrected chi connectivity index (χ0v) is 19.1.